The predicted octanol–water partition coefficient (Wildman–Crippen LogP) is 9.97. The lowest BCUT2D eigenvalue weighted by molar-refractivity contribution is -0.136. The highest BCUT2D eigenvalue weighted by molar-refractivity contribution is 5.91. The molecule has 6 aromatic rings. The van der Waals surface area contributed by atoms with Gasteiger partial charge in [0.05, 0.1) is 48.9 Å². The van der Waals surface area contributed by atoms with E-state index in [1.807, 2.05) is 37.2 Å². The number of nitrogens with zero attached hydrogens (tertiary/aromatic N) is 4. The van der Waals surface area contributed by atoms with E-state index in [4.69, 9.17) is 14.7 Å². The molecule has 2 aromatic heterocycles. The summed E-state index contributed by atoms with van der Waals surface area (Å²) in [6.45, 7) is 5.20. The van der Waals surface area contributed by atoms with Gasteiger partial charge in [0.15, 0.2) is 0 Å². The van der Waals surface area contributed by atoms with E-state index in [0.717, 1.165) is 107 Å². The Morgan fingerprint density at radius 1 is 0.656 bits per heavy atom. The van der Waals surface area contributed by atoms with Crippen molar-refractivity contribution in [2.45, 2.75) is 89.3 Å². The largest absolute Gasteiger partial charge is 0.453 e. The molecular weight excluding hydrogens is 763 g/mol. The molecule has 11 heteroatoms. The molecule has 11 nitrogen and oxygen atoms in total. The molecule has 9 rings (SSSR count). The Kier molecular flexibility index (Phi) is 11.5. The number of ether oxygens (including phenoxy) is 1. The standard InChI is InChI=1S/C50H55N7O4/c1-31(2)45(55-50(60)61-3)49(59)57-26-10-16-43(57)47-51-29-40(53-47)33-19-17-32(18-20-33)36-21-22-38-28-39(24-23-37(38)27-36)41-30-52-46(54-41)42-15-9-25-56(42)48(58)44(35-13-7-8-14-35)34-11-5-4-6-12-34/h4-6,11-12,17-24,27-31,35,42-45H,7-10,13-16,25-26H2,1-3H3,(H,51,53)(H,52,54)(H,55,60)/t42-,43-,44?,45-/m0/s1. The fourth-order valence-electron chi connectivity index (χ4n) is 9.99. The summed E-state index contributed by atoms with van der Waals surface area (Å²) in [5.41, 5.74) is 7.28. The van der Waals surface area contributed by atoms with Crippen LogP contribution in [0.15, 0.2) is 103 Å². The van der Waals surface area contributed by atoms with Crippen molar-refractivity contribution in [1.29, 1.82) is 0 Å². The first-order valence-electron chi connectivity index (χ1n) is 22.0. The summed E-state index contributed by atoms with van der Waals surface area (Å²) >= 11 is 0. The van der Waals surface area contributed by atoms with E-state index in [1.165, 1.54) is 20.0 Å². The summed E-state index contributed by atoms with van der Waals surface area (Å²) in [6, 6.07) is 31.0. The smallest absolute Gasteiger partial charge is 0.407 e. The monoisotopic (exact) mass is 817 g/mol. The highest BCUT2D eigenvalue weighted by atomic mass is 16.5. The number of hydrogen-bond acceptors (Lipinski definition) is 6. The van der Waals surface area contributed by atoms with E-state index in [2.05, 4.69) is 105 Å². The number of rotatable bonds is 11. The van der Waals surface area contributed by atoms with Gasteiger partial charge in [0.1, 0.15) is 17.7 Å². The van der Waals surface area contributed by atoms with Crippen molar-refractivity contribution in [2.24, 2.45) is 11.8 Å². The fourth-order valence-corrected chi connectivity index (χ4v) is 9.99. The van der Waals surface area contributed by atoms with Gasteiger partial charge in [0.2, 0.25) is 11.8 Å². The quantitative estimate of drug-likeness (QED) is 0.119. The van der Waals surface area contributed by atoms with Gasteiger partial charge in [0.25, 0.3) is 0 Å². The van der Waals surface area contributed by atoms with Crippen LogP contribution in [0.25, 0.3) is 44.4 Å². The minimum atomic E-state index is -0.677. The molecule has 2 aliphatic heterocycles. The Bertz CT molecular complexity index is 2500. The number of likely N-dealkylation sites (tertiary alicyclic amines) is 2. The summed E-state index contributed by atoms with van der Waals surface area (Å²) in [5, 5.41) is 5.00. The maximum atomic E-state index is 14.3. The van der Waals surface area contributed by atoms with Crippen LogP contribution in [0.3, 0.4) is 0 Å². The Morgan fingerprint density at radius 3 is 1.80 bits per heavy atom. The van der Waals surface area contributed by atoms with Crippen molar-refractivity contribution >= 4 is 28.7 Å². The number of carbonyl (C=O) groups excluding carboxylic acids is 3. The average molecular weight is 818 g/mol. The van der Waals surface area contributed by atoms with Crippen molar-refractivity contribution in [3.8, 4) is 33.6 Å². The normalized spacial score (nSPS) is 19.1. The molecule has 0 spiro atoms. The third kappa shape index (κ3) is 8.18. The number of methoxy groups -OCH3 is 1. The van der Waals surface area contributed by atoms with Crippen LogP contribution >= 0.6 is 0 Å². The van der Waals surface area contributed by atoms with E-state index in [-0.39, 0.29) is 35.7 Å². The number of nitrogens with one attached hydrogen (secondary N) is 3. The van der Waals surface area contributed by atoms with Crippen LogP contribution < -0.4 is 5.32 Å². The van der Waals surface area contributed by atoms with Gasteiger partial charge in [-0.1, -0.05) is 106 Å². The van der Waals surface area contributed by atoms with Crippen LogP contribution in [0.5, 0.6) is 0 Å². The Morgan fingerprint density at radius 2 is 1.20 bits per heavy atom. The van der Waals surface area contributed by atoms with Gasteiger partial charge in [-0.05, 0) is 95.5 Å². The maximum Gasteiger partial charge on any atom is 0.407 e. The Labute approximate surface area is 357 Å². The summed E-state index contributed by atoms with van der Waals surface area (Å²) in [4.78, 5) is 60.5. The highest BCUT2D eigenvalue weighted by Gasteiger charge is 2.40. The summed E-state index contributed by atoms with van der Waals surface area (Å²) < 4.78 is 4.78. The summed E-state index contributed by atoms with van der Waals surface area (Å²) in [5.74, 6) is 1.94. The first-order chi connectivity index (χ1) is 29.7. The number of alkyl carbamates (subject to hydrolysis) is 1. The SMILES string of the molecule is COC(=O)N[C@H](C(=O)N1CCC[C@H]1c1ncc(-c2ccc(-c3ccc4cc(-c5cnc([C@@H]6CCCN6C(=O)C(c6ccccc6)C6CCCC6)[nH]5)ccc4c3)cc2)[nH]1)C(C)C. The van der Waals surface area contributed by atoms with Gasteiger partial charge in [-0.25, -0.2) is 14.8 Å². The fraction of sp³-hybridized carbons (Fsp3) is 0.380. The first-order valence-corrected chi connectivity index (χ1v) is 22.0. The van der Waals surface area contributed by atoms with Gasteiger partial charge in [-0.2, -0.15) is 0 Å². The summed E-state index contributed by atoms with van der Waals surface area (Å²) in [7, 11) is 1.30. The van der Waals surface area contributed by atoms with Crippen molar-refractivity contribution < 1.29 is 19.1 Å². The van der Waals surface area contributed by atoms with E-state index in [9.17, 15) is 14.4 Å². The van der Waals surface area contributed by atoms with Gasteiger partial charge in [0, 0.05) is 18.7 Å². The number of hydrogen-bond donors (Lipinski definition) is 3. The molecule has 4 heterocycles. The van der Waals surface area contributed by atoms with Gasteiger partial charge >= 0.3 is 6.09 Å². The summed E-state index contributed by atoms with van der Waals surface area (Å²) in [6.07, 6.45) is 11.3. The molecule has 314 valence electrons. The van der Waals surface area contributed by atoms with Crippen LogP contribution in [-0.4, -0.2) is 73.9 Å². The number of fused-ring (bicyclic) bond motifs is 1. The third-order valence-corrected chi connectivity index (χ3v) is 13.3. The second-order valence-corrected chi connectivity index (χ2v) is 17.4. The number of amides is 3. The molecule has 3 amide bonds. The number of benzene rings is 4. The Hall–Kier alpha value is -6.23. The number of aromatic amines is 2. The molecule has 0 radical (unpaired) electrons. The molecule has 3 N–H and O–H groups in total. The topological polar surface area (TPSA) is 136 Å². The lowest BCUT2D eigenvalue weighted by Crippen LogP contribution is -2.51. The molecule has 3 fully saturated rings. The zero-order chi connectivity index (χ0) is 42.0. The number of imidazole rings is 2. The minimum absolute atomic E-state index is 0.0484. The van der Waals surface area contributed by atoms with Crippen molar-refractivity contribution in [3.63, 3.8) is 0 Å². The first kappa shape index (κ1) is 40.2. The molecule has 61 heavy (non-hydrogen) atoms. The molecule has 4 atom stereocenters. The number of aromatic nitrogens is 4. The molecule has 1 aliphatic carbocycles. The van der Waals surface area contributed by atoms with E-state index in [0.29, 0.717) is 12.5 Å². The van der Waals surface area contributed by atoms with Crippen LogP contribution in [0.1, 0.15) is 100 Å². The van der Waals surface area contributed by atoms with Crippen LogP contribution in [0, 0.1) is 11.8 Å². The zero-order valence-corrected chi connectivity index (χ0v) is 35.3. The van der Waals surface area contributed by atoms with Crippen molar-refractivity contribution in [3.05, 3.63) is 121 Å². The van der Waals surface area contributed by atoms with E-state index >= 15 is 0 Å². The van der Waals surface area contributed by atoms with E-state index < -0.39 is 12.1 Å². The van der Waals surface area contributed by atoms with Crippen molar-refractivity contribution in [2.75, 3.05) is 20.2 Å². The lowest BCUT2D eigenvalue weighted by Gasteiger charge is -2.31. The van der Waals surface area contributed by atoms with E-state index in [1.54, 1.807) is 0 Å². The zero-order valence-electron chi connectivity index (χ0n) is 35.3. The van der Waals surface area contributed by atoms with Crippen molar-refractivity contribution in [1.82, 2.24) is 35.1 Å². The molecule has 3 aliphatic rings. The van der Waals surface area contributed by atoms with Crippen LogP contribution in [0.4, 0.5) is 4.79 Å². The highest BCUT2D eigenvalue weighted by Crippen LogP contribution is 2.42. The molecule has 2 saturated heterocycles. The third-order valence-electron chi connectivity index (χ3n) is 13.3. The lowest BCUT2D eigenvalue weighted by atomic mass is 9.83. The van der Waals surface area contributed by atoms with Gasteiger partial charge in [-0.15, -0.1) is 0 Å². The second-order valence-electron chi connectivity index (χ2n) is 17.4. The molecule has 0 bridgehead atoms. The van der Waals surface area contributed by atoms with Gasteiger partial charge in [-0.3, -0.25) is 9.59 Å². The molecule has 1 unspecified atom stereocenters. The molecule has 1 saturated carbocycles. The van der Waals surface area contributed by atoms with Gasteiger partial charge < -0.3 is 29.8 Å². The number of carbonyl (C=O) groups is 3. The Balaban J connectivity index is 0.874. The maximum absolute atomic E-state index is 14.3. The predicted molar refractivity (Wildman–Crippen MR) is 237 cm³/mol. The second kappa shape index (κ2) is 17.4. The number of H-pyrrole nitrogens is 2. The molecule has 4 aromatic carbocycles. The molecular formula is C50H55N7O4. The van der Waals surface area contributed by atoms with Crippen LogP contribution in [0.2, 0.25) is 0 Å². The average Bonchev–Trinajstić information content (AvgIpc) is 4.15. The van der Waals surface area contributed by atoms with Crippen LogP contribution in [-0.2, 0) is 14.3 Å². The minimum Gasteiger partial charge on any atom is -0.453 e.